The summed E-state index contributed by atoms with van der Waals surface area (Å²) < 4.78 is 5.38. The Labute approximate surface area is 124 Å². The van der Waals surface area contributed by atoms with Crippen LogP contribution in [0.4, 0.5) is 4.79 Å². The lowest BCUT2D eigenvalue weighted by atomic mass is 9.94. The predicted molar refractivity (Wildman–Crippen MR) is 78.5 cm³/mol. The van der Waals surface area contributed by atoms with E-state index in [1.165, 1.54) is 0 Å². The number of benzene rings is 1. The second-order valence-electron chi connectivity index (χ2n) is 6.09. The van der Waals surface area contributed by atoms with Crippen LogP contribution in [0.3, 0.4) is 0 Å². The highest BCUT2D eigenvalue weighted by atomic mass is 16.6. The van der Waals surface area contributed by atoms with E-state index in [2.05, 4.69) is 0 Å². The highest BCUT2D eigenvalue weighted by molar-refractivity contribution is 5.95. The number of nitrogens with one attached hydrogen (secondary N) is 2. The van der Waals surface area contributed by atoms with Crippen LogP contribution in [0.1, 0.15) is 44.4 Å². The van der Waals surface area contributed by atoms with Gasteiger partial charge in [0.05, 0.1) is 6.04 Å². The molecule has 1 aromatic rings. The number of hydrogen-bond donors (Lipinski definition) is 3. The van der Waals surface area contributed by atoms with Gasteiger partial charge >= 0.3 is 6.09 Å². The zero-order valence-electron chi connectivity index (χ0n) is 12.5. The fourth-order valence-electron chi connectivity index (χ4n) is 2.21. The fourth-order valence-corrected chi connectivity index (χ4v) is 2.21. The van der Waals surface area contributed by atoms with Crippen molar-refractivity contribution < 1.29 is 14.7 Å². The van der Waals surface area contributed by atoms with Gasteiger partial charge in [-0.2, -0.15) is 0 Å². The number of hydrogen-bond acceptors (Lipinski definition) is 4. The average molecular weight is 291 g/mol. The van der Waals surface area contributed by atoms with Gasteiger partial charge in [0.2, 0.25) is 0 Å². The van der Waals surface area contributed by atoms with Crippen LogP contribution < -0.4 is 5.48 Å². The molecule has 1 amide bonds. The smallest absolute Gasteiger partial charge is 0.410 e. The molecule has 1 fully saturated rings. The zero-order chi connectivity index (χ0) is 15.6. The van der Waals surface area contributed by atoms with Gasteiger partial charge in [-0.15, -0.1) is 0 Å². The third-order valence-corrected chi connectivity index (χ3v) is 3.34. The molecule has 1 saturated heterocycles. The van der Waals surface area contributed by atoms with Crippen LogP contribution in [0, 0.1) is 5.41 Å². The van der Waals surface area contributed by atoms with Gasteiger partial charge in [-0.25, -0.2) is 4.79 Å². The van der Waals surface area contributed by atoms with E-state index in [0.29, 0.717) is 12.1 Å². The highest BCUT2D eigenvalue weighted by Gasteiger charge is 2.36. The maximum absolute atomic E-state index is 12.1. The molecule has 0 spiro atoms. The van der Waals surface area contributed by atoms with Crippen LogP contribution in [0.5, 0.6) is 0 Å². The van der Waals surface area contributed by atoms with Crippen molar-refractivity contribution in [2.45, 2.75) is 38.8 Å². The lowest BCUT2D eigenvalue weighted by Gasteiger charge is -2.41. The Morgan fingerprint density at radius 3 is 2.43 bits per heavy atom. The topological polar surface area (TPSA) is 85.7 Å². The van der Waals surface area contributed by atoms with Crippen molar-refractivity contribution in [2.24, 2.45) is 0 Å². The van der Waals surface area contributed by atoms with Crippen molar-refractivity contribution in [1.82, 2.24) is 10.4 Å². The maximum Gasteiger partial charge on any atom is 0.410 e. The second kappa shape index (κ2) is 5.73. The van der Waals surface area contributed by atoms with E-state index >= 15 is 0 Å². The second-order valence-corrected chi connectivity index (χ2v) is 6.09. The summed E-state index contributed by atoms with van der Waals surface area (Å²) in [5, 5.41) is 16.2. The number of amidine groups is 1. The van der Waals surface area contributed by atoms with Crippen molar-refractivity contribution in [3.63, 3.8) is 0 Å². The predicted octanol–water partition coefficient (Wildman–Crippen LogP) is 2.67. The van der Waals surface area contributed by atoms with Crippen LogP contribution >= 0.6 is 0 Å². The lowest BCUT2D eigenvalue weighted by molar-refractivity contribution is -0.00574. The quantitative estimate of drug-likeness (QED) is 0.444. The van der Waals surface area contributed by atoms with Gasteiger partial charge < -0.3 is 9.64 Å². The molecule has 0 bridgehead atoms. The monoisotopic (exact) mass is 291 g/mol. The molecule has 1 aliphatic rings. The summed E-state index contributed by atoms with van der Waals surface area (Å²) in [6.07, 6.45) is 0.599. The van der Waals surface area contributed by atoms with Crippen LogP contribution in [-0.2, 0) is 4.74 Å². The van der Waals surface area contributed by atoms with E-state index in [1.807, 2.05) is 38.4 Å². The van der Waals surface area contributed by atoms with Gasteiger partial charge in [0.1, 0.15) is 11.4 Å². The first-order valence-corrected chi connectivity index (χ1v) is 6.90. The third kappa shape index (κ3) is 3.52. The standard InChI is InChI=1S/C15H21N3O3/c1-15(2,3)21-14(19)18-9-8-12(18)10-4-6-11(7-5-10)13(16)17-20/h4-7,12,20H,8-9H2,1-3H3,(H2,16,17). The third-order valence-electron chi connectivity index (χ3n) is 3.34. The van der Waals surface area contributed by atoms with Gasteiger partial charge in [0, 0.05) is 12.1 Å². The summed E-state index contributed by atoms with van der Waals surface area (Å²) in [4.78, 5) is 13.8. The summed E-state index contributed by atoms with van der Waals surface area (Å²) >= 11 is 0. The average Bonchev–Trinajstić information content (AvgIpc) is 2.35. The molecule has 1 aromatic carbocycles. The summed E-state index contributed by atoms with van der Waals surface area (Å²) in [5.41, 5.74) is 2.90. The highest BCUT2D eigenvalue weighted by Crippen LogP contribution is 2.34. The minimum Gasteiger partial charge on any atom is -0.444 e. The van der Waals surface area contributed by atoms with E-state index in [0.717, 1.165) is 12.0 Å². The summed E-state index contributed by atoms with van der Waals surface area (Å²) in [6, 6.07) is 7.23. The van der Waals surface area contributed by atoms with E-state index < -0.39 is 5.60 Å². The molecule has 2 rings (SSSR count). The van der Waals surface area contributed by atoms with Crippen molar-refractivity contribution in [2.75, 3.05) is 6.54 Å². The SMILES string of the molecule is CC(C)(C)OC(=O)N1CCC1c1ccc(C(=N)NO)cc1. The minimum absolute atomic E-state index is 0.0187. The van der Waals surface area contributed by atoms with Crippen molar-refractivity contribution in [3.05, 3.63) is 35.4 Å². The number of nitrogens with zero attached hydrogens (tertiary/aromatic N) is 1. The van der Waals surface area contributed by atoms with Gasteiger partial charge in [-0.1, -0.05) is 24.3 Å². The molecule has 114 valence electrons. The molecule has 1 heterocycles. The lowest BCUT2D eigenvalue weighted by Crippen LogP contribution is -2.47. The minimum atomic E-state index is -0.497. The van der Waals surface area contributed by atoms with E-state index in [-0.39, 0.29) is 18.0 Å². The maximum atomic E-state index is 12.1. The van der Waals surface area contributed by atoms with Crippen LogP contribution in [0.2, 0.25) is 0 Å². The largest absolute Gasteiger partial charge is 0.444 e. The number of amides is 1. The fraction of sp³-hybridized carbons (Fsp3) is 0.467. The number of carbonyl (C=O) groups excluding carboxylic acids is 1. The summed E-state index contributed by atoms with van der Waals surface area (Å²) in [6.45, 7) is 6.24. The molecule has 0 radical (unpaired) electrons. The summed E-state index contributed by atoms with van der Waals surface area (Å²) in [7, 11) is 0. The first-order chi connectivity index (χ1) is 9.81. The summed E-state index contributed by atoms with van der Waals surface area (Å²) in [5.74, 6) is -0.0563. The Hall–Kier alpha value is -2.08. The molecule has 6 heteroatoms. The van der Waals surface area contributed by atoms with E-state index in [4.69, 9.17) is 15.4 Å². The zero-order valence-corrected chi connectivity index (χ0v) is 12.5. The van der Waals surface area contributed by atoms with Crippen molar-refractivity contribution >= 4 is 11.9 Å². The molecular formula is C15H21N3O3. The van der Waals surface area contributed by atoms with Crippen molar-refractivity contribution in [3.8, 4) is 0 Å². The molecule has 1 atom stereocenters. The Morgan fingerprint density at radius 1 is 1.38 bits per heavy atom. The molecule has 21 heavy (non-hydrogen) atoms. The van der Waals surface area contributed by atoms with Gasteiger partial charge in [0.15, 0.2) is 0 Å². The van der Waals surface area contributed by atoms with Crippen molar-refractivity contribution in [1.29, 1.82) is 5.41 Å². The molecule has 6 nitrogen and oxygen atoms in total. The first kappa shape index (κ1) is 15.3. The number of rotatable bonds is 2. The molecule has 0 saturated carbocycles. The molecule has 3 N–H and O–H groups in total. The molecule has 0 aromatic heterocycles. The van der Waals surface area contributed by atoms with Crippen LogP contribution in [-0.4, -0.2) is 34.2 Å². The van der Waals surface area contributed by atoms with Crippen LogP contribution in [0.25, 0.3) is 0 Å². The number of likely N-dealkylation sites (tertiary alicyclic amines) is 1. The first-order valence-electron chi connectivity index (χ1n) is 6.90. The number of ether oxygens (including phenoxy) is 1. The van der Waals surface area contributed by atoms with Crippen LogP contribution in [0.15, 0.2) is 24.3 Å². The Morgan fingerprint density at radius 2 is 2.00 bits per heavy atom. The van der Waals surface area contributed by atoms with E-state index in [9.17, 15) is 4.79 Å². The molecule has 1 unspecified atom stereocenters. The molecule has 0 aliphatic carbocycles. The number of hydroxylamine groups is 1. The van der Waals surface area contributed by atoms with Gasteiger partial charge in [-0.3, -0.25) is 16.1 Å². The van der Waals surface area contributed by atoms with Gasteiger partial charge in [0.25, 0.3) is 0 Å². The Bertz CT molecular complexity index is 534. The molecule has 1 aliphatic heterocycles. The number of carbonyl (C=O) groups is 1. The van der Waals surface area contributed by atoms with E-state index in [1.54, 1.807) is 17.0 Å². The normalized spacial score (nSPS) is 17.9. The Balaban J connectivity index is 2.05. The van der Waals surface area contributed by atoms with Gasteiger partial charge in [-0.05, 0) is 32.8 Å². The Kier molecular flexibility index (Phi) is 4.18. The molecular weight excluding hydrogens is 270 g/mol.